The Balaban J connectivity index is 2.56. The summed E-state index contributed by atoms with van der Waals surface area (Å²) in [5, 5.41) is 2.73. The number of rotatable bonds is 5. The van der Waals surface area contributed by atoms with Gasteiger partial charge in [0.15, 0.2) is 0 Å². The van der Waals surface area contributed by atoms with E-state index in [0.717, 1.165) is 11.3 Å². The number of thiol groups is 1. The van der Waals surface area contributed by atoms with Crippen molar-refractivity contribution in [2.75, 3.05) is 20.1 Å². The highest BCUT2D eigenvalue weighted by atomic mass is 32.1. The van der Waals surface area contributed by atoms with Crippen molar-refractivity contribution >= 4 is 24.4 Å². The largest absolute Gasteiger partial charge is 0.355 e. The molecule has 0 bridgehead atoms. The molecule has 1 aromatic carbocycles. The van der Waals surface area contributed by atoms with Gasteiger partial charge in [-0.3, -0.25) is 9.59 Å². The Hall–Kier alpha value is -1.49. The minimum Gasteiger partial charge on any atom is -0.355 e. The third-order valence-electron chi connectivity index (χ3n) is 2.41. The summed E-state index contributed by atoms with van der Waals surface area (Å²) in [6, 6.07) is 6.90. The summed E-state index contributed by atoms with van der Waals surface area (Å²) in [5.41, 5.74) is 0.554. The van der Waals surface area contributed by atoms with E-state index in [1.54, 1.807) is 31.3 Å². The molecule has 2 amide bonds. The van der Waals surface area contributed by atoms with E-state index >= 15 is 0 Å². The van der Waals surface area contributed by atoms with Gasteiger partial charge >= 0.3 is 0 Å². The maximum Gasteiger partial charge on any atom is 0.254 e. The van der Waals surface area contributed by atoms with Crippen LogP contribution in [0.5, 0.6) is 0 Å². The second-order valence-electron chi connectivity index (χ2n) is 4.06. The summed E-state index contributed by atoms with van der Waals surface area (Å²) in [6.07, 6.45) is 0.882. The van der Waals surface area contributed by atoms with Gasteiger partial charge in [0.05, 0.1) is 6.54 Å². The topological polar surface area (TPSA) is 49.4 Å². The van der Waals surface area contributed by atoms with Crippen molar-refractivity contribution in [3.63, 3.8) is 0 Å². The molecule has 1 N–H and O–H groups in total. The van der Waals surface area contributed by atoms with Crippen LogP contribution in [0.2, 0.25) is 0 Å². The first-order valence-corrected chi connectivity index (χ1v) is 6.30. The molecule has 5 heteroatoms. The number of benzene rings is 1. The molecule has 0 atom stereocenters. The molecule has 0 saturated carbocycles. The van der Waals surface area contributed by atoms with Crippen LogP contribution in [0.25, 0.3) is 0 Å². The quantitative estimate of drug-likeness (QED) is 0.795. The Labute approximate surface area is 113 Å². The summed E-state index contributed by atoms with van der Waals surface area (Å²) < 4.78 is 0. The SMILES string of the molecule is CCCNC(=O)CN(C)C(=O)c1ccc(S)cc1. The van der Waals surface area contributed by atoms with Crippen LogP contribution in [0.4, 0.5) is 0 Å². The van der Waals surface area contributed by atoms with Gasteiger partial charge in [0.1, 0.15) is 0 Å². The normalized spacial score (nSPS) is 9.94. The van der Waals surface area contributed by atoms with Crippen LogP contribution >= 0.6 is 12.6 Å². The predicted molar refractivity (Wildman–Crippen MR) is 74.0 cm³/mol. The molecule has 0 spiro atoms. The van der Waals surface area contributed by atoms with Gasteiger partial charge in [-0.15, -0.1) is 12.6 Å². The summed E-state index contributed by atoms with van der Waals surface area (Å²) in [6.45, 7) is 2.69. The Bertz CT molecular complexity index is 418. The summed E-state index contributed by atoms with van der Waals surface area (Å²) in [4.78, 5) is 25.7. The maximum atomic E-state index is 12.0. The molecule has 0 radical (unpaired) electrons. The van der Waals surface area contributed by atoms with E-state index in [9.17, 15) is 9.59 Å². The number of nitrogens with zero attached hydrogens (tertiary/aromatic N) is 1. The standard InChI is InChI=1S/C13H18N2O2S/c1-3-8-14-12(16)9-15(2)13(17)10-4-6-11(18)7-5-10/h4-7,18H,3,8-9H2,1-2H3,(H,14,16). The molecular weight excluding hydrogens is 248 g/mol. The lowest BCUT2D eigenvalue weighted by atomic mass is 10.2. The van der Waals surface area contributed by atoms with E-state index in [-0.39, 0.29) is 18.4 Å². The maximum absolute atomic E-state index is 12.0. The second kappa shape index (κ2) is 7.06. The zero-order valence-corrected chi connectivity index (χ0v) is 11.5. The molecule has 0 aliphatic carbocycles. The highest BCUT2D eigenvalue weighted by molar-refractivity contribution is 7.80. The molecule has 0 fully saturated rings. The van der Waals surface area contributed by atoms with Crippen LogP contribution in [0.3, 0.4) is 0 Å². The van der Waals surface area contributed by atoms with Crippen molar-refractivity contribution in [2.24, 2.45) is 0 Å². The van der Waals surface area contributed by atoms with Crippen molar-refractivity contribution in [1.82, 2.24) is 10.2 Å². The third kappa shape index (κ3) is 4.41. The van der Waals surface area contributed by atoms with Crippen molar-refractivity contribution in [3.05, 3.63) is 29.8 Å². The summed E-state index contributed by atoms with van der Waals surface area (Å²) in [5.74, 6) is -0.312. The third-order valence-corrected chi connectivity index (χ3v) is 2.71. The number of carbonyl (C=O) groups is 2. The fourth-order valence-electron chi connectivity index (χ4n) is 1.43. The molecule has 0 heterocycles. The number of carbonyl (C=O) groups excluding carboxylic acids is 2. The summed E-state index contributed by atoms with van der Waals surface area (Å²) in [7, 11) is 1.61. The molecule has 0 aliphatic rings. The Morgan fingerprint density at radius 3 is 2.44 bits per heavy atom. The van der Waals surface area contributed by atoms with Crippen molar-refractivity contribution in [1.29, 1.82) is 0 Å². The number of hydrogen-bond acceptors (Lipinski definition) is 3. The highest BCUT2D eigenvalue weighted by Crippen LogP contribution is 2.09. The molecule has 1 aromatic rings. The fraction of sp³-hybridized carbons (Fsp3) is 0.385. The van der Waals surface area contributed by atoms with Crippen LogP contribution in [0.1, 0.15) is 23.7 Å². The average Bonchev–Trinajstić information content (AvgIpc) is 2.36. The lowest BCUT2D eigenvalue weighted by Crippen LogP contribution is -2.38. The molecular formula is C13H18N2O2S. The summed E-state index contributed by atoms with van der Waals surface area (Å²) >= 11 is 4.16. The molecule has 18 heavy (non-hydrogen) atoms. The van der Waals surface area contributed by atoms with Crippen LogP contribution in [0.15, 0.2) is 29.2 Å². The van der Waals surface area contributed by atoms with E-state index in [1.165, 1.54) is 4.90 Å². The van der Waals surface area contributed by atoms with E-state index in [1.807, 2.05) is 6.92 Å². The van der Waals surface area contributed by atoms with E-state index in [0.29, 0.717) is 12.1 Å². The van der Waals surface area contributed by atoms with Gasteiger partial charge in [-0.2, -0.15) is 0 Å². The number of hydrogen-bond donors (Lipinski definition) is 2. The van der Waals surface area contributed by atoms with Crippen LogP contribution in [0, 0.1) is 0 Å². The lowest BCUT2D eigenvalue weighted by molar-refractivity contribution is -0.121. The van der Waals surface area contributed by atoms with Gasteiger partial charge in [-0.05, 0) is 30.7 Å². The predicted octanol–water partition coefficient (Wildman–Crippen LogP) is 1.57. The van der Waals surface area contributed by atoms with Crippen LogP contribution < -0.4 is 5.32 Å². The Morgan fingerprint density at radius 1 is 1.28 bits per heavy atom. The molecule has 0 saturated heterocycles. The van der Waals surface area contributed by atoms with Gasteiger partial charge < -0.3 is 10.2 Å². The first-order chi connectivity index (χ1) is 8.54. The van der Waals surface area contributed by atoms with Crippen molar-refractivity contribution in [3.8, 4) is 0 Å². The smallest absolute Gasteiger partial charge is 0.254 e. The monoisotopic (exact) mass is 266 g/mol. The first kappa shape index (κ1) is 14.6. The fourth-order valence-corrected chi connectivity index (χ4v) is 1.58. The van der Waals surface area contributed by atoms with Gasteiger partial charge in [0.2, 0.25) is 5.91 Å². The van der Waals surface area contributed by atoms with Crippen molar-refractivity contribution in [2.45, 2.75) is 18.2 Å². The zero-order valence-electron chi connectivity index (χ0n) is 10.6. The van der Waals surface area contributed by atoms with E-state index in [2.05, 4.69) is 17.9 Å². The minimum absolute atomic E-state index is 0.0709. The second-order valence-corrected chi connectivity index (χ2v) is 4.57. The average molecular weight is 266 g/mol. The lowest BCUT2D eigenvalue weighted by Gasteiger charge is -2.16. The first-order valence-electron chi connectivity index (χ1n) is 5.85. The highest BCUT2D eigenvalue weighted by Gasteiger charge is 2.14. The van der Waals surface area contributed by atoms with Crippen molar-refractivity contribution < 1.29 is 9.59 Å². The van der Waals surface area contributed by atoms with Crippen LogP contribution in [-0.2, 0) is 4.79 Å². The van der Waals surface area contributed by atoms with E-state index < -0.39 is 0 Å². The number of likely N-dealkylation sites (N-methyl/N-ethyl adjacent to an activating group) is 1. The zero-order chi connectivity index (χ0) is 13.5. The van der Waals surface area contributed by atoms with Gasteiger partial charge in [0, 0.05) is 24.1 Å². The van der Waals surface area contributed by atoms with E-state index in [4.69, 9.17) is 0 Å². The Morgan fingerprint density at radius 2 is 1.89 bits per heavy atom. The molecule has 0 aliphatic heterocycles. The molecule has 1 rings (SSSR count). The minimum atomic E-state index is -0.171. The van der Waals surface area contributed by atoms with Gasteiger partial charge in [0.25, 0.3) is 5.91 Å². The number of nitrogens with one attached hydrogen (secondary N) is 1. The molecule has 4 nitrogen and oxygen atoms in total. The molecule has 0 aromatic heterocycles. The van der Waals surface area contributed by atoms with Gasteiger partial charge in [-0.25, -0.2) is 0 Å². The van der Waals surface area contributed by atoms with Crippen LogP contribution in [-0.4, -0.2) is 36.9 Å². The van der Waals surface area contributed by atoms with Gasteiger partial charge in [-0.1, -0.05) is 6.92 Å². The molecule has 0 unspecified atom stereocenters. The Kier molecular flexibility index (Phi) is 5.71. The molecule has 98 valence electrons. The number of amides is 2.